The molecule has 0 saturated carbocycles. The molecule has 0 fully saturated rings. The number of phosphoric ester groups is 1. The molecule has 0 radical (unpaired) electrons. The van der Waals surface area contributed by atoms with Gasteiger partial charge >= 0.3 is 11.9 Å². The molecule has 0 N–H and O–H groups in total. The number of carbonyl (C=O) groups is 2. The minimum atomic E-state index is -4.61. The molecule has 2 unspecified atom stereocenters. The van der Waals surface area contributed by atoms with E-state index in [1.807, 2.05) is 34.1 Å². The molecule has 0 spiro atoms. The van der Waals surface area contributed by atoms with Gasteiger partial charge in [-0.1, -0.05) is 81.0 Å². The van der Waals surface area contributed by atoms with Gasteiger partial charge in [-0.2, -0.15) is 0 Å². The summed E-state index contributed by atoms with van der Waals surface area (Å²) in [6.07, 6.45) is 28.1. The first-order valence-electron chi connectivity index (χ1n) is 15.5. The van der Waals surface area contributed by atoms with Crippen molar-refractivity contribution in [1.82, 2.24) is 0 Å². The molecule has 0 heterocycles. The number of hydrogen-bond donors (Lipinski definition) is 0. The van der Waals surface area contributed by atoms with Crippen LogP contribution in [0, 0.1) is 0 Å². The third kappa shape index (κ3) is 29.6. The van der Waals surface area contributed by atoms with E-state index in [1.165, 1.54) is 0 Å². The van der Waals surface area contributed by atoms with Crippen LogP contribution in [0.5, 0.6) is 0 Å². The van der Waals surface area contributed by atoms with E-state index in [0.29, 0.717) is 30.3 Å². The number of esters is 2. The van der Waals surface area contributed by atoms with E-state index >= 15 is 0 Å². The smallest absolute Gasteiger partial charge is 0.306 e. The van der Waals surface area contributed by atoms with Crippen molar-refractivity contribution in [2.24, 2.45) is 0 Å². The monoisotopic (exact) mass is 625 g/mol. The molecule has 0 aromatic carbocycles. The van der Waals surface area contributed by atoms with Gasteiger partial charge in [-0.15, -0.1) is 0 Å². The number of allylic oxidation sites excluding steroid dienone is 10. The number of nitrogens with zero attached hydrogens (tertiary/aromatic N) is 1. The number of ether oxygens (including phenoxy) is 2. The van der Waals surface area contributed by atoms with Gasteiger partial charge in [0.15, 0.2) is 6.10 Å². The molecule has 0 aliphatic rings. The molecule has 0 aromatic rings. The Balaban J connectivity index is 4.43. The Morgan fingerprint density at radius 3 is 1.81 bits per heavy atom. The number of likely N-dealkylation sites (N-methyl/N-ethyl adjacent to an activating group) is 1. The summed E-state index contributed by atoms with van der Waals surface area (Å²) in [4.78, 5) is 36.4. The SMILES string of the molecule is CC/C=C\C/C=C\C/C=C\C/C=C\C/C=C\CCCC(=O)OC(COC(=O)CCCC)COP(=O)([O-])OCC[N+](C)(C)C. The largest absolute Gasteiger partial charge is 0.756 e. The highest BCUT2D eigenvalue weighted by Gasteiger charge is 2.21. The van der Waals surface area contributed by atoms with Crippen molar-refractivity contribution in [2.45, 2.75) is 90.6 Å². The highest BCUT2D eigenvalue weighted by molar-refractivity contribution is 7.45. The molecule has 10 heteroatoms. The molecule has 0 aliphatic carbocycles. The number of rotatable bonds is 26. The van der Waals surface area contributed by atoms with Gasteiger partial charge in [0.1, 0.15) is 19.8 Å². The Kier molecular flexibility index (Phi) is 24.7. The molecule has 0 aliphatic heterocycles. The topological polar surface area (TPSA) is 111 Å². The molecule has 0 aromatic heterocycles. The zero-order chi connectivity index (χ0) is 32.2. The van der Waals surface area contributed by atoms with Gasteiger partial charge in [0.05, 0.1) is 27.7 Å². The lowest BCUT2D eigenvalue weighted by Crippen LogP contribution is -2.37. The average Bonchev–Trinajstić information content (AvgIpc) is 2.94. The third-order valence-corrected chi connectivity index (χ3v) is 6.77. The van der Waals surface area contributed by atoms with Crippen LogP contribution in [0.3, 0.4) is 0 Å². The minimum absolute atomic E-state index is 0.0451. The normalized spacial score (nSPS) is 14.8. The van der Waals surface area contributed by atoms with Crippen LogP contribution in [0.2, 0.25) is 0 Å². The molecule has 0 amide bonds. The summed E-state index contributed by atoms with van der Waals surface area (Å²) in [7, 11) is 1.11. The first kappa shape index (κ1) is 40.7. The Morgan fingerprint density at radius 1 is 0.744 bits per heavy atom. The van der Waals surface area contributed by atoms with E-state index in [0.717, 1.165) is 38.5 Å². The van der Waals surface area contributed by atoms with Crippen LogP contribution >= 0.6 is 7.82 Å². The number of hydrogen-bond acceptors (Lipinski definition) is 8. The fourth-order valence-electron chi connectivity index (χ4n) is 3.31. The standard InChI is InChI=1S/C33H56NO8P/c1-6-8-10-11-12-13-14-15-16-17-18-19-20-21-22-23-24-26-33(36)42-31(29-39-32(35)25-9-7-2)30-41-43(37,38)40-28-27-34(3,4)5/h8,10,12-13,15-16,18-19,21-22,31H,6-7,9,11,14,17,20,23-30H2,1-5H3/b10-8-,13-12-,16-15-,19-18-,22-21-. The molecule has 0 bridgehead atoms. The van der Waals surface area contributed by atoms with Crippen molar-refractivity contribution in [1.29, 1.82) is 0 Å². The van der Waals surface area contributed by atoms with Crippen molar-refractivity contribution in [2.75, 3.05) is 47.5 Å². The predicted octanol–water partition coefficient (Wildman–Crippen LogP) is 6.76. The molecule has 43 heavy (non-hydrogen) atoms. The zero-order valence-electron chi connectivity index (χ0n) is 27.1. The van der Waals surface area contributed by atoms with Crippen molar-refractivity contribution in [3.05, 3.63) is 60.8 Å². The lowest BCUT2D eigenvalue weighted by molar-refractivity contribution is -0.870. The van der Waals surface area contributed by atoms with E-state index in [2.05, 4.69) is 61.6 Å². The summed E-state index contributed by atoms with van der Waals surface area (Å²) in [5.74, 6) is -0.956. The van der Waals surface area contributed by atoms with Gasteiger partial charge < -0.3 is 27.9 Å². The molecule has 0 rings (SSSR count). The summed E-state index contributed by atoms with van der Waals surface area (Å²) >= 11 is 0. The zero-order valence-corrected chi connectivity index (χ0v) is 28.0. The first-order chi connectivity index (χ1) is 20.5. The molecule has 0 saturated heterocycles. The Morgan fingerprint density at radius 2 is 1.28 bits per heavy atom. The van der Waals surface area contributed by atoms with Crippen LogP contribution in [-0.4, -0.2) is 70.0 Å². The summed E-state index contributed by atoms with van der Waals surface area (Å²) in [5.41, 5.74) is 0. The number of unbranched alkanes of at least 4 members (excludes halogenated alkanes) is 2. The van der Waals surface area contributed by atoms with Crippen molar-refractivity contribution < 1.29 is 42.1 Å². The van der Waals surface area contributed by atoms with Crippen LogP contribution in [-0.2, 0) is 32.7 Å². The van der Waals surface area contributed by atoms with Crippen LogP contribution in [0.25, 0.3) is 0 Å². The molecular weight excluding hydrogens is 569 g/mol. The van der Waals surface area contributed by atoms with E-state index < -0.39 is 32.5 Å². The summed E-state index contributed by atoms with van der Waals surface area (Å²) in [5, 5.41) is 0. The maximum atomic E-state index is 12.4. The third-order valence-electron chi connectivity index (χ3n) is 5.80. The average molecular weight is 626 g/mol. The second kappa shape index (κ2) is 26.1. The van der Waals surface area contributed by atoms with Gasteiger partial charge in [-0.3, -0.25) is 14.2 Å². The van der Waals surface area contributed by atoms with Gasteiger partial charge in [0, 0.05) is 12.8 Å². The second-order valence-electron chi connectivity index (χ2n) is 11.1. The fourth-order valence-corrected chi connectivity index (χ4v) is 4.04. The number of carbonyl (C=O) groups excluding carboxylic acids is 2. The Bertz CT molecular complexity index is 934. The molecular formula is C33H56NO8P. The van der Waals surface area contributed by atoms with Gasteiger partial charge in [-0.05, 0) is 51.4 Å². The highest BCUT2D eigenvalue weighted by Crippen LogP contribution is 2.38. The molecule has 2 atom stereocenters. The lowest BCUT2D eigenvalue weighted by atomic mass is 10.2. The minimum Gasteiger partial charge on any atom is -0.756 e. The van der Waals surface area contributed by atoms with E-state index in [9.17, 15) is 19.0 Å². The predicted molar refractivity (Wildman–Crippen MR) is 171 cm³/mol. The Hall–Kier alpha value is -2.29. The summed E-state index contributed by atoms with van der Waals surface area (Å²) < 4.78 is 33.1. The van der Waals surface area contributed by atoms with Crippen LogP contribution < -0.4 is 4.89 Å². The number of quaternary nitrogens is 1. The molecule has 9 nitrogen and oxygen atoms in total. The van der Waals surface area contributed by atoms with Crippen molar-refractivity contribution in [3.63, 3.8) is 0 Å². The van der Waals surface area contributed by atoms with Crippen LogP contribution in [0.15, 0.2) is 60.8 Å². The van der Waals surface area contributed by atoms with Crippen LogP contribution in [0.4, 0.5) is 0 Å². The van der Waals surface area contributed by atoms with Crippen LogP contribution in [0.1, 0.15) is 84.5 Å². The lowest BCUT2D eigenvalue weighted by Gasteiger charge is -2.28. The van der Waals surface area contributed by atoms with Crippen molar-refractivity contribution in [3.8, 4) is 0 Å². The van der Waals surface area contributed by atoms with Crippen molar-refractivity contribution >= 4 is 19.8 Å². The highest BCUT2D eigenvalue weighted by atomic mass is 31.2. The van der Waals surface area contributed by atoms with Gasteiger partial charge in [-0.25, -0.2) is 0 Å². The Labute approximate surface area is 260 Å². The van der Waals surface area contributed by atoms with Gasteiger partial charge in [0.25, 0.3) is 7.82 Å². The summed E-state index contributed by atoms with van der Waals surface area (Å²) in [6.45, 7) is 3.72. The fraction of sp³-hybridized carbons (Fsp3) is 0.636. The maximum Gasteiger partial charge on any atom is 0.306 e. The van der Waals surface area contributed by atoms with Gasteiger partial charge in [0.2, 0.25) is 0 Å². The molecule has 246 valence electrons. The quantitative estimate of drug-likeness (QED) is 0.0341. The maximum absolute atomic E-state index is 12.4. The van der Waals surface area contributed by atoms with E-state index in [4.69, 9.17) is 18.5 Å². The first-order valence-corrected chi connectivity index (χ1v) is 17.0. The van der Waals surface area contributed by atoms with E-state index in [1.54, 1.807) is 0 Å². The van der Waals surface area contributed by atoms with E-state index in [-0.39, 0.29) is 26.1 Å². The second-order valence-corrected chi connectivity index (χ2v) is 12.5. The summed E-state index contributed by atoms with van der Waals surface area (Å²) in [6, 6.07) is 0. The number of phosphoric acid groups is 1.